The van der Waals surface area contributed by atoms with Gasteiger partial charge in [-0.05, 0) is 55.0 Å². The van der Waals surface area contributed by atoms with Crippen LogP contribution in [0.25, 0.3) is 0 Å². The summed E-state index contributed by atoms with van der Waals surface area (Å²) in [7, 11) is 0. The van der Waals surface area contributed by atoms with E-state index in [4.69, 9.17) is 16.3 Å². The number of hydrogen-bond donors (Lipinski definition) is 2. The molecule has 8 nitrogen and oxygen atoms in total. The molecule has 0 bridgehead atoms. The molecule has 0 radical (unpaired) electrons. The number of rotatable bonds is 6. The Morgan fingerprint density at radius 2 is 1.81 bits per heavy atom. The number of hydrogen-bond acceptors (Lipinski definition) is 6. The van der Waals surface area contributed by atoms with E-state index in [1.165, 1.54) is 24.3 Å². The number of carbonyl (C=O) groups is 1. The summed E-state index contributed by atoms with van der Waals surface area (Å²) in [5, 5.41) is 16.8. The van der Waals surface area contributed by atoms with Gasteiger partial charge < -0.3 is 20.3 Å². The van der Waals surface area contributed by atoms with E-state index in [1.807, 2.05) is 4.90 Å². The number of morpholine rings is 1. The van der Waals surface area contributed by atoms with Crippen LogP contribution in [0.2, 0.25) is 5.02 Å². The van der Waals surface area contributed by atoms with Crippen molar-refractivity contribution in [1.29, 1.82) is 0 Å². The SMILES string of the molecule is Cc1ccc(Nc2cc(N3CCOCC3)cc(C(F)(F)F)c2)cc1NC(=O)c1cccc(Cl)c1[N+](=O)[O-]. The molecule has 1 fully saturated rings. The van der Waals surface area contributed by atoms with Gasteiger partial charge in [-0.1, -0.05) is 23.7 Å². The van der Waals surface area contributed by atoms with Gasteiger partial charge in [0.15, 0.2) is 0 Å². The van der Waals surface area contributed by atoms with Crippen LogP contribution in [-0.2, 0) is 10.9 Å². The number of nitrogens with one attached hydrogen (secondary N) is 2. The molecule has 1 saturated heterocycles. The molecular formula is C25H22ClF3N4O4. The average molecular weight is 535 g/mol. The minimum Gasteiger partial charge on any atom is -0.378 e. The zero-order chi connectivity index (χ0) is 26.7. The number of nitro groups is 1. The fraction of sp³-hybridized carbons (Fsp3) is 0.240. The van der Waals surface area contributed by atoms with Gasteiger partial charge in [0.1, 0.15) is 10.6 Å². The molecule has 1 heterocycles. The molecule has 1 aliphatic rings. The Morgan fingerprint density at radius 3 is 2.49 bits per heavy atom. The Kier molecular flexibility index (Phi) is 7.55. The van der Waals surface area contributed by atoms with Gasteiger partial charge in [0.25, 0.3) is 5.91 Å². The Balaban J connectivity index is 1.62. The van der Waals surface area contributed by atoms with E-state index in [-0.39, 0.29) is 16.3 Å². The maximum absolute atomic E-state index is 13.6. The highest BCUT2D eigenvalue weighted by molar-refractivity contribution is 6.33. The molecule has 0 atom stereocenters. The van der Waals surface area contributed by atoms with Gasteiger partial charge in [-0.2, -0.15) is 13.2 Å². The van der Waals surface area contributed by atoms with Crippen LogP contribution in [0.5, 0.6) is 0 Å². The predicted octanol–water partition coefficient (Wildman–Crippen LogP) is 6.41. The van der Waals surface area contributed by atoms with Gasteiger partial charge in [-0.3, -0.25) is 14.9 Å². The van der Waals surface area contributed by atoms with Crippen LogP contribution in [0, 0.1) is 17.0 Å². The van der Waals surface area contributed by atoms with Crippen LogP contribution in [-0.4, -0.2) is 37.1 Å². The topological polar surface area (TPSA) is 96.7 Å². The minimum absolute atomic E-state index is 0.176. The number of halogens is 4. The Labute approximate surface area is 215 Å². The normalized spacial score (nSPS) is 13.8. The standard InChI is InChI=1S/C25H22ClF3N4O4/c1-15-5-6-17(14-22(15)31-24(34)20-3-2-4-21(26)23(20)33(35)36)30-18-11-16(25(27,28)29)12-19(13-18)32-7-9-37-10-8-32/h2-6,11-14,30H,7-10H2,1H3,(H,31,34). The summed E-state index contributed by atoms with van der Waals surface area (Å²) in [6.07, 6.45) is -4.54. The van der Waals surface area contributed by atoms with Crippen molar-refractivity contribution in [2.75, 3.05) is 41.8 Å². The number of ether oxygens (including phenoxy) is 1. The fourth-order valence-electron chi connectivity index (χ4n) is 3.93. The van der Waals surface area contributed by atoms with Crippen LogP contribution in [0.4, 0.5) is 41.6 Å². The lowest BCUT2D eigenvalue weighted by molar-refractivity contribution is -0.385. The van der Waals surface area contributed by atoms with Gasteiger partial charge in [-0.15, -0.1) is 0 Å². The zero-order valence-electron chi connectivity index (χ0n) is 19.6. The van der Waals surface area contributed by atoms with Gasteiger partial charge in [0.2, 0.25) is 0 Å². The summed E-state index contributed by atoms with van der Waals surface area (Å²) in [6, 6.07) is 12.6. The maximum Gasteiger partial charge on any atom is 0.416 e. The molecule has 0 unspecified atom stereocenters. The highest BCUT2D eigenvalue weighted by Crippen LogP contribution is 2.36. The van der Waals surface area contributed by atoms with Gasteiger partial charge >= 0.3 is 11.9 Å². The number of aryl methyl sites for hydroxylation is 1. The summed E-state index contributed by atoms with van der Waals surface area (Å²) in [6.45, 7) is 3.50. The zero-order valence-corrected chi connectivity index (χ0v) is 20.3. The number of anilines is 4. The number of alkyl halides is 3. The van der Waals surface area contributed by atoms with Crippen molar-refractivity contribution < 1.29 is 27.6 Å². The molecule has 12 heteroatoms. The lowest BCUT2D eigenvalue weighted by Crippen LogP contribution is -2.36. The van der Waals surface area contributed by atoms with E-state index in [2.05, 4.69) is 10.6 Å². The van der Waals surface area contributed by atoms with Gasteiger partial charge in [0.05, 0.1) is 23.7 Å². The van der Waals surface area contributed by atoms with Crippen molar-refractivity contribution in [2.45, 2.75) is 13.1 Å². The van der Waals surface area contributed by atoms with Crippen molar-refractivity contribution in [1.82, 2.24) is 0 Å². The molecular weight excluding hydrogens is 513 g/mol. The highest BCUT2D eigenvalue weighted by atomic mass is 35.5. The molecule has 0 aliphatic carbocycles. The number of benzene rings is 3. The Bertz CT molecular complexity index is 1340. The third-order valence-electron chi connectivity index (χ3n) is 5.81. The van der Waals surface area contributed by atoms with E-state index < -0.39 is 28.3 Å². The molecule has 0 spiro atoms. The van der Waals surface area contributed by atoms with Gasteiger partial charge in [-0.25, -0.2) is 0 Å². The van der Waals surface area contributed by atoms with E-state index in [9.17, 15) is 28.1 Å². The first-order valence-electron chi connectivity index (χ1n) is 11.2. The van der Waals surface area contributed by atoms with Crippen molar-refractivity contribution in [3.05, 3.63) is 86.4 Å². The molecule has 0 aromatic heterocycles. The Hall–Kier alpha value is -3.83. The molecule has 3 aromatic rings. The van der Waals surface area contributed by atoms with Crippen LogP contribution in [0.3, 0.4) is 0 Å². The fourth-order valence-corrected chi connectivity index (χ4v) is 4.17. The number of nitro benzene ring substituents is 1. The second-order valence-corrected chi connectivity index (χ2v) is 8.77. The molecule has 1 aliphatic heterocycles. The summed E-state index contributed by atoms with van der Waals surface area (Å²) in [5.74, 6) is -0.747. The Morgan fingerprint density at radius 1 is 1.08 bits per heavy atom. The second kappa shape index (κ2) is 10.7. The first-order valence-corrected chi connectivity index (χ1v) is 11.6. The van der Waals surface area contributed by atoms with Crippen molar-refractivity contribution in [3.63, 3.8) is 0 Å². The first-order chi connectivity index (χ1) is 17.5. The summed E-state index contributed by atoms with van der Waals surface area (Å²) >= 11 is 5.91. The molecule has 4 rings (SSSR count). The number of nitrogens with zero attached hydrogens (tertiary/aromatic N) is 2. The first kappa shape index (κ1) is 26.2. The van der Waals surface area contributed by atoms with Crippen molar-refractivity contribution >= 4 is 45.9 Å². The number of carbonyl (C=O) groups excluding carboxylic acids is 1. The molecule has 1 amide bonds. The summed E-state index contributed by atoms with van der Waals surface area (Å²) < 4.78 is 46.2. The largest absolute Gasteiger partial charge is 0.416 e. The maximum atomic E-state index is 13.6. The lowest BCUT2D eigenvalue weighted by Gasteiger charge is -2.30. The highest BCUT2D eigenvalue weighted by Gasteiger charge is 2.32. The monoisotopic (exact) mass is 534 g/mol. The molecule has 3 aromatic carbocycles. The molecule has 0 saturated carbocycles. The van der Waals surface area contributed by atoms with E-state index in [1.54, 1.807) is 25.1 Å². The van der Waals surface area contributed by atoms with Crippen LogP contribution >= 0.6 is 11.6 Å². The van der Waals surface area contributed by atoms with Gasteiger partial charge in [0, 0.05) is 35.8 Å². The minimum atomic E-state index is -4.54. The summed E-state index contributed by atoms with van der Waals surface area (Å²) in [5.41, 5.74) is 0.460. The smallest absolute Gasteiger partial charge is 0.378 e. The number of para-hydroxylation sites is 1. The van der Waals surface area contributed by atoms with Crippen molar-refractivity contribution in [3.8, 4) is 0 Å². The van der Waals surface area contributed by atoms with E-state index >= 15 is 0 Å². The summed E-state index contributed by atoms with van der Waals surface area (Å²) in [4.78, 5) is 25.3. The third kappa shape index (κ3) is 6.12. The quantitative estimate of drug-likeness (QED) is 0.280. The van der Waals surface area contributed by atoms with E-state index in [0.29, 0.717) is 48.9 Å². The predicted molar refractivity (Wildman–Crippen MR) is 135 cm³/mol. The van der Waals surface area contributed by atoms with Crippen LogP contribution in [0.15, 0.2) is 54.6 Å². The van der Waals surface area contributed by atoms with Crippen molar-refractivity contribution in [2.24, 2.45) is 0 Å². The molecule has 194 valence electrons. The number of amides is 1. The second-order valence-electron chi connectivity index (χ2n) is 8.37. The average Bonchev–Trinajstić information content (AvgIpc) is 2.85. The third-order valence-corrected chi connectivity index (χ3v) is 6.11. The van der Waals surface area contributed by atoms with Crippen LogP contribution in [0.1, 0.15) is 21.5 Å². The molecule has 37 heavy (non-hydrogen) atoms. The van der Waals surface area contributed by atoms with E-state index in [0.717, 1.165) is 12.1 Å². The lowest BCUT2D eigenvalue weighted by atomic mass is 10.1. The van der Waals surface area contributed by atoms with Crippen LogP contribution < -0.4 is 15.5 Å². The molecule has 2 N–H and O–H groups in total.